The molecule has 2 aliphatic heterocycles. The molecule has 0 radical (unpaired) electrons. The molecule has 0 bridgehead atoms. The van der Waals surface area contributed by atoms with E-state index in [1.54, 1.807) is 11.0 Å². The Balaban J connectivity index is 1.43. The fourth-order valence-corrected chi connectivity index (χ4v) is 7.56. The van der Waals surface area contributed by atoms with Crippen LogP contribution in [0, 0.1) is 24.2 Å². The fourth-order valence-electron chi connectivity index (χ4n) is 6.42. The molecule has 8 nitrogen and oxygen atoms in total. The van der Waals surface area contributed by atoms with Gasteiger partial charge in [-0.05, 0) is 55.5 Å². The molecule has 41 heavy (non-hydrogen) atoms. The van der Waals surface area contributed by atoms with Gasteiger partial charge in [0.05, 0.1) is 28.6 Å². The predicted octanol–water partition coefficient (Wildman–Crippen LogP) is 4.60. The Morgan fingerprint density at radius 1 is 1.12 bits per heavy atom. The summed E-state index contributed by atoms with van der Waals surface area (Å²) in [6.45, 7) is 9.05. The van der Waals surface area contributed by atoms with Crippen LogP contribution in [0.2, 0.25) is 0 Å². The molecule has 3 aliphatic rings. The molecule has 2 saturated heterocycles. The number of carbonyl (C=O) groups excluding carboxylic acids is 3. The molecule has 0 N–H and O–H groups in total. The molecule has 3 aromatic heterocycles. The van der Waals surface area contributed by atoms with Crippen molar-refractivity contribution in [3.05, 3.63) is 46.1 Å². The number of hydrogen-bond acceptors (Lipinski definition) is 7. The molecule has 5 heterocycles. The summed E-state index contributed by atoms with van der Waals surface area (Å²) in [6, 6.07) is 4.30. The number of piperidine rings is 1. The van der Waals surface area contributed by atoms with Crippen molar-refractivity contribution in [2.75, 3.05) is 26.7 Å². The summed E-state index contributed by atoms with van der Waals surface area (Å²) in [5.41, 5.74) is -1.11. The van der Waals surface area contributed by atoms with Crippen molar-refractivity contribution in [1.82, 2.24) is 24.7 Å². The van der Waals surface area contributed by atoms with Crippen LogP contribution in [0.1, 0.15) is 47.3 Å². The molecule has 3 atom stereocenters. The SMILES string of the molecule is Cc1cc(C(F)(F)F)nc(-c2nccc3cc(CN4C(=O)C5C(C4=O)C5(C)C)sc23)c1C(=O)N1CCN(C)CC1C. The van der Waals surface area contributed by atoms with Crippen LogP contribution in [0.25, 0.3) is 21.5 Å². The van der Waals surface area contributed by atoms with E-state index in [2.05, 4.69) is 14.9 Å². The maximum absolute atomic E-state index is 13.9. The van der Waals surface area contributed by atoms with Crippen molar-refractivity contribution in [1.29, 1.82) is 0 Å². The van der Waals surface area contributed by atoms with E-state index in [-0.39, 0.29) is 70.1 Å². The minimum absolute atomic E-state index is 0.0825. The number of hydrogen-bond donors (Lipinski definition) is 0. The first kappa shape index (κ1) is 27.8. The standard InChI is InChI=1S/C29H30F3N5O3S/c1-14-10-18(29(30,31)32)34-22(19(14)25(38)36-9-8-35(5)12-15(36)2)23-24-16(6-7-33-23)11-17(41-24)13-37-26(39)20-21(27(37)40)28(20,3)4/h6-7,10-11,15,20-21H,8-9,12-13H2,1-5H3. The van der Waals surface area contributed by atoms with E-state index in [0.717, 1.165) is 6.07 Å². The average molecular weight is 586 g/mol. The highest BCUT2D eigenvalue weighted by Gasteiger charge is 2.72. The molecule has 3 aromatic rings. The molecule has 216 valence electrons. The van der Waals surface area contributed by atoms with Crippen LogP contribution >= 0.6 is 11.3 Å². The molecule has 3 fully saturated rings. The first-order valence-corrected chi connectivity index (χ1v) is 14.3. The Bertz CT molecular complexity index is 1590. The van der Waals surface area contributed by atoms with Crippen molar-refractivity contribution >= 4 is 39.1 Å². The molecular weight excluding hydrogens is 555 g/mol. The van der Waals surface area contributed by atoms with Gasteiger partial charge in [-0.3, -0.25) is 24.3 Å². The van der Waals surface area contributed by atoms with Gasteiger partial charge in [-0.15, -0.1) is 11.3 Å². The summed E-state index contributed by atoms with van der Waals surface area (Å²) in [4.78, 5) is 53.9. The lowest BCUT2D eigenvalue weighted by Gasteiger charge is -2.38. The van der Waals surface area contributed by atoms with Crippen molar-refractivity contribution in [3.63, 3.8) is 0 Å². The third-order valence-electron chi connectivity index (χ3n) is 8.73. The largest absolute Gasteiger partial charge is 0.433 e. The van der Waals surface area contributed by atoms with Crippen LogP contribution in [-0.4, -0.2) is 75.1 Å². The zero-order valence-electron chi connectivity index (χ0n) is 23.4. The number of carbonyl (C=O) groups is 3. The number of nitrogens with zero attached hydrogens (tertiary/aromatic N) is 5. The van der Waals surface area contributed by atoms with Crippen LogP contribution in [0.3, 0.4) is 0 Å². The number of likely N-dealkylation sites (N-methyl/N-ethyl adjacent to an activating group) is 1. The second-order valence-corrected chi connectivity index (χ2v) is 13.1. The summed E-state index contributed by atoms with van der Waals surface area (Å²) < 4.78 is 42.3. The van der Waals surface area contributed by atoms with Gasteiger partial charge in [0.15, 0.2) is 0 Å². The third-order valence-corrected chi connectivity index (χ3v) is 9.87. The van der Waals surface area contributed by atoms with Gasteiger partial charge in [-0.2, -0.15) is 13.2 Å². The van der Waals surface area contributed by atoms with Gasteiger partial charge in [0.1, 0.15) is 17.1 Å². The van der Waals surface area contributed by atoms with Gasteiger partial charge in [-0.1, -0.05) is 13.8 Å². The Hall–Kier alpha value is -3.38. The summed E-state index contributed by atoms with van der Waals surface area (Å²) >= 11 is 1.24. The zero-order chi connectivity index (χ0) is 29.6. The lowest BCUT2D eigenvalue weighted by Crippen LogP contribution is -2.53. The molecular formula is C29H30F3N5O3S. The third kappa shape index (κ3) is 4.42. The first-order valence-electron chi connectivity index (χ1n) is 13.5. The van der Waals surface area contributed by atoms with Crippen LogP contribution < -0.4 is 0 Å². The molecule has 12 heteroatoms. The number of pyridine rings is 2. The second kappa shape index (κ2) is 9.32. The number of thiophene rings is 1. The van der Waals surface area contributed by atoms with Crippen molar-refractivity contribution < 1.29 is 27.6 Å². The average Bonchev–Trinajstić information content (AvgIpc) is 3.13. The van der Waals surface area contributed by atoms with E-state index in [9.17, 15) is 27.6 Å². The topological polar surface area (TPSA) is 86.7 Å². The molecule has 1 saturated carbocycles. The second-order valence-electron chi connectivity index (χ2n) is 12.0. The van der Waals surface area contributed by atoms with Crippen LogP contribution in [0.15, 0.2) is 24.4 Å². The highest BCUT2D eigenvalue weighted by atomic mass is 32.1. The van der Waals surface area contributed by atoms with Gasteiger partial charge < -0.3 is 9.80 Å². The van der Waals surface area contributed by atoms with Gasteiger partial charge in [-0.25, -0.2) is 4.98 Å². The number of aryl methyl sites for hydroxylation is 1. The normalized spacial score (nSPS) is 24.3. The van der Waals surface area contributed by atoms with Crippen molar-refractivity contribution in [2.24, 2.45) is 17.3 Å². The number of halogens is 3. The minimum Gasteiger partial charge on any atom is -0.333 e. The first-order chi connectivity index (χ1) is 19.2. The molecule has 1 aliphatic carbocycles. The lowest BCUT2D eigenvalue weighted by molar-refractivity contribution is -0.144. The lowest BCUT2D eigenvalue weighted by atomic mass is 10.00. The number of alkyl halides is 3. The number of aromatic nitrogens is 2. The summed E-state index contributed by atoms with van der Waals surface area (Å²) in [6.07, 6.45) is -3.25. The van der Waals surface area contributed by atoms with Gasteiger partial charge >= 0.3 is 6.18 Å². The Morgan fingerprint density at radius 3 is 2.44 bits per heavy atom. The van der Waals surface area contributed by atoms with E-state index in [1.165, 1.54) is 29.4 Å². The molecule has 6 rings (SSSR count). The fraction of sp³-hybridized carbons (Fsp3) is 0.483. The Kier molecular flexibility index (Phi) is 6.31. The highest BCUT2D eigenvalue weighted by Crippen LogP contribution is 2.63. The summed E-state index contributed by atoms with van der Waals surface area (Å²) in [5, 5.41) is 0.683. The molecule has 3 amide bonds. The van der Waals surface area contributed by atoms with Crippen LogP contribution in [-0.2, 0) is 22.3 Å². The number of piperazine rings is 1. The van der Waals surface area contributed by atoms with Crippen LogP contribution in [0.4, 0.5) is 13.2 Å². The number of likely N-dealkylation sites (tertiary alicyclic amines) is 1. The number of imide groups is 1. The molecule has 3 unspecified atom stereocenters. The molecule has 0 aromatic carbocycles. The quantitative estimate of drug-likeness (QED) is 0.416. The number of fused-ring (bicyclic) bond motifs is 2. The highest BCUT2D eigenvalue weighted by molar-refractivity contribution is 7.19. The monoisotopic (exact) mass is 585 g/mol. The van der Waals surface area contributed by atoms with Gasteiger partial charge in [0, 0.05) is 36.8 Å². The number of amides is 3. The summed E-state index contributed by atoms with van der Waals surface area (Å²) in [5.74, 6) is -1.37. The molecule has 0 spiro atoms. The van der Waals surface area contributed by atoms with Crippen molar-refractivity contribution in [2.45, 2.75) is 46.5 Å². The Morgan fingerprint density at radius 2 is 1.80 bits per heavy atom. The van der Waals surface area contributed by atoms with E-state index in [4.69, 9.17) is 0 Å². The van der Waals surface area contributed by atoms with Gasteiger partial charge in [0.2, 0.25) is 11.8 Å². The van der Waals surface area contributed by atoms with Gasteiger partial charge in [0.25, 0.3) is 5.91 Å². The predicted molar refractivity (Wildman–Crippen MR) is 147 cm³/mol. The van der Waals surface area contributed by atoms with E-state index >= 15 is 0 Å². The zero-order valence-corrected chi connectivity index (χ0v) is 24.2. The van der Waals surface area contributed by atoms with E-state index in [1.807, 2.05) is 33.9 Å². The van der Waals surface area contributed by atoms with E-state index < -0.39 is 11.9 Å². The van der Waals surface area contributed by atoms with Crippen LogP contribution in [0.5, 0.6) is 0 Å². The summed E-state index contributed by atoms with van der Waals surface area (Å²) in [7, 11) is 1.96. The Labute approximate surface area is 239 Å². The van der Waals surface area contributed by atoms with Crippen molar-refractivity contribution in [3.8, 4) is 11.4 Å². The maximum Gasteiger partial charge on any atom is 0.433 e. The number of rotatable bonds is 4. The minimum atomic E-state index is -4.72. The smallest absolute Gasteiger partial charge is 0.333 e. The van der Waals surface area contributed by atoms with E-state index in [0.29, 0.717) is 34.6 Å². The maximum atomic E-state index is 13.9.